The van der Waals surface area contributed by atoms with Gasteiger partial charge < -0.3 is 25.2 Å². The van der Waals surface area contributed by atoms with Crippen LogP contribution >= 0.6 is 0 Å². The molecular formula is C27H34N4O2. The molecule has 0 bridgehead atoms. The van der Waals surface area contributed by atoms with E-state index in [1.54, 1.807) is 0 Å². The van der Waals surface area contributed by atoms with Gasteiger partial charge in [0.1, 0.15) is 0 Å². The van der Waals surface area contributed by atoms with Crippen LogP contribution in [0.5, 0.6) is 0 Å². The molecule has 5 rings (SSSR count). The van der Waals surface area contributed by atoms with E-state index in [0.29, 0.717) is 12.6 Å². The summed E-state index contributed by atoms with van der Waals surface area (Å²) < 4.78 is 0. The summed E-state index contributed by atoms with van der Waals surface area (Å²) in [5.41, 5.74) is 4.36. The minimum Gasteiger partial charge on any atom is -0.396 e. The first-order valence-electron chi connectivity index (χ1n) is 12.2. The standard InChI is InChI=1S/C27H34N4O2/c32-19-20-4-3-13-31(18-20)27(33)21-7-9-25(10-8-21)30-14-11-23(12-15-30)28-17-24-16-22-5-1-2-6-26(22)29-24/h1-2,5-10,16,20,23,28-29,32H,3-4,11-15,17-19H2. The number of likely N-dealkylation sites (tertiary alicyclic amines) is 1. The van der Waals surface area contributed by atoms with Gasteiger partial charge in [-0.25, -0.2) is 0 Å². The summed E-state index contributed by atoms with van der Waals surface area (Å²) in [6, 6.07) is 19.2. The summed E-state index contributed by atoms with van der Waals surface area (Å²) in [6.45, 7) is 4.51. The number of aromatic amines is 1. The second-order valence-electron chi connectivity index (χ2n) is 9.51. The van der Waals surface area contributed by atoms with Crippen LogP contribution in [0.25, 0.3) is 10.9 Å². The fourth-order valence-electron chi connectivity index (χ4n) is 5.22. The van der Waals surface area contributed by atoms with Crippen molar-refractivity contribution in [2.75, 3.05) is 37.7 Å². The third kappa shape index (κ3) is 5.07. The van der Waals surface area contributed by atoms with Gasteiger partial charge in [-0.05, 0) is 73.4 Å². The maximum absolute atomic E-state index is 12.9. The maximum atomic E-state index is 12.9. The molecule has 2 saturated heterocycles. The fourth-order valence-corrected chi connectivity index (χ4v) is 5.22. The lowest BCUT2D eigenvalue weighted by atomic mass is 9.98. The Morgan fingerprint density at radius 2 is 1.82 bits per heavy atom. The zero-order valence-electron chi connectivity index (χ0n) is 19.2. The Morgan fingerprint density at radius 3 is 2.58 bits per heavy atom. The molecule has 1 aromatic heterocycles. The van der Waals surface area contributed by atoms with E-state index < -0.39 is 0 Å². The summed E-state index contributed by atoms with van der Waals surface area (Å²) in [7, 11) is 0. The third-order valence-corrected chi connectivity index (χ3v) is 7.21. The summed E-state index contributed by atoms with van der Waals surface area (Å²) in [6.07, 6.45) is 4.19. The zero-order valence-corrected chi connectivity index (χ0v) is 19.2. The van der Waals surface area contributed by atoms with Gasteiger partial charge in [0.05, 0.1) is 0 Å². The molecular weight excluding hydrogens is 412 g/mol. The molecule has 2 aromatic carbocycles. The molecule has 1 amide bonds. The van der Waals surface area contributed by atoms with Crippen molar-refractivity contribution in [3.8, 4) is 0 Å². The van der Waals surface area contributed by atoms with Crippen molar-refractivity contribution in [3.63, 3.8) is 0 Å². The number of benzene rings is 2. The van der Waals surface area contributed by atoms with Gasteiger partial charge in [-0.3, -0.25) is 4.79 Å². The van der Waals surface area contributed by atoms with E-state index in [9.17, 15) is 9.90 Å². The Bertz CT molecular complexity index is 1040. The molecule has 0 saturated carbocycles. The number of carbonyl (C=O) groups is 1. The average Bonchev–Trinajstić information content (AvgIpc) is 3.31. The highest BCUT2D eigenvalue weighted by molar-refractivity contribution is 5.94. The average molecular weight is 447 g/mol. The lowest BCUT2D eigenvalue weighted by Gasteiger charge is -2.34. The molecule has 3 N–H and O–H groups in total. The number of carbonyl (C=O) groups excluding carboxylic acids is 1. The molecule has 6 heteroatoms. The van der Waals surface area contributed by atoms with Gasteiger partial charge in [0, 0.05) is 67.8 Å². The van der Waals surface area contributed by atoms with Gasteiger partial charge in [-0.1, -0.05) is 18.2 Å². The molecule has 1 atom stereocenters. The molecule has 6 nitrogen and oxygen atoms in total. The number of para-hydroxylation sites is 1. The highest BCUT2D eigenvalue weighted by atomic mass is 16.3. The number of rotatable bonds is 6. The number of anilines is 1. The fraction of sp³-hybridized carbons (Fsp3) is 0.444. The third-order valence-electron chi connectivity index (χ3n) is 7.21. The van der Waals surface area contributed by atoms with Gasteiger partial charge in [-0.2, -0.15) is 0 Å². The molecule has 2 aliphatic rings. The molecule has 0 spiro atoms. The smallest absolute Gasteiger partial charge is 0.253 e. The van der Waals surface area contributed by atoms with Gasteiger partial charge in [0.15, 0.2) is 0 Å². The summed E-state index contributed by atoms with van der Waals surface area (Å²) in [4.78, 5) is 20.7. The van der Waals surface area contributed by atoms with Crippen molar-refractivity contribution < 1.29 is 9.90 Å². The Labute approximate surface area is 195 Å². The van der Waals surface area contributed by atoms with E-state index in [-0.39, 0.29) is 18.4 Å². The number of fused-ring (bicyclic) bond motifs is 1. The van der Waals surface area contributed by atoms with Crippen LogP contribution in [0.15, 0.2) is 54.6 Å². The largest absolute Gasteiger partial charge is 0.396 e. The lowest BCUT2D eigenvalue weighted by Crippen LogP contribution is -2.42. The Kier molecular flexibility index (Phi) is 6.65. The molecule has 1 unspecified atom stereocenters. The number of hydrogen-bond acceptors (Lipinski definition) is 4. The quantitative estimate of drug-likeness (QED) is 0.539. The zero-order chi connectivity index (χ0) is 22.6. The van der Waals surface area contributed by atoms with E-state index >= 15 is 0 Å². The van der Waals surface area contributed by atoms with Gasteiger partial charge in [-0.15, -0.1) is 0 Å². The SMILES string of the molecule is O=C(c1ccc(N2CCC(NCc3cc4ccccc4[nH]3)CC2)cc1)N1CCCC(CO)C1. The second kappa shape index (κ2) is 9.98. The predicted molar refractivity (Wildman–Crippen MR) is 133 cm³/mol. The molecule has 0 radical (unpaired) electrons. The number of piperidine rings is 2. The number of nitrogens with zero attached hydrogens (tertiary/aromatic N) is 2. The van der Waals surface area contributed by atoms with Gasteiger partial charge in [0.25, 0.3) is 5.91 Å². The van der Waals surface area contributed by atoms with Crippen LogP contribution in [0.3, 0.4) is 0 Å². The normalized spacial score (nSPS) is 19.8. The maximum Gasteiger partial charge on any atom is 0.253 e. The van der Waals surface area contributed by atoms with Gasteiger partial charge >= 0.3 is 0 Å². The summed E-state index contributed by atoms with van der Waals surface area (Å²) in [5.74, 6) is 0.299. The van der Waals surface area contributed by atoms with E-state index in [1.807, 2.05) is 17.0 Å². The van der Waals surface area contributed by atoms with E-state index in [2.05, 4.69) is 57.7 Å². The molecule has 3 aromatic rings. The van der Waals surface area contributed by atoms with Crippen LogP contribution in [0, 0.1) is 5.92 Å². The van der Waals surface area contributed by atoms with E-state index in [4.69, 9.17) is 0 Å². The number of aliphatic hydroxyl groups is 1. The number of nitrogens with one attached hydrogen (secondary N) is 2. The molecule has 2 aliphatic heterocycles. The highest BCUT2D eigenvalue weighted by Crippen LogP contribution is 2.23. The van der Waals surface area contributed by atoms with Crippen molar-refractivity contribution in [2.24, 2.45) is 5.92 Å². The molecule has 3 heterocycles. The number of amides is 1. The van der Waals surface area contributed by atoms with Gasteiger partial charge in [0.2, 0.25) is 0 Å². The Hall–Kier alpha value is -2.83. The first-order valence-corrected chi connectivity index (χ1v) is 12.2. The molecule has 33 heavy (non-hydrogen) atoms. The van der Waals surface area contributed by atoms with Crippen molar-refractivity contribution in [1.29, 1.82) is 0 Å². The van der Waals surface area contributed by atoms with Crippen LogP contribution in [0.1, 0.15) is 41.7 Å². The van der Waals surface area contributed by atoms with E-state index in [0.717, 1.165) is 57.4 Å². The number of hydrogen-bond donors (Lipinski definition) is 3. The van der Waals surface area contributed by atoms with Crippen LogP contribution in [-0.2, 0) is 6.54 Å². The topological polar surface area (TPSA) is 71.6 Å². The van der Waals surface area contributed by atoms with Crippen LogP contribution in [0.4, 0.5) is 5.69 Å². The molecule has 2 fully saturated rings. The van der Waals surface area contributed by atoms with Crippen molar-refractivity contribution >= 4 is 22.5 Å². The molecule has 174 valence electrons. The minimum absolute atomic E-state index is 0.0829. The first-order chi connectivity index (χ1) is 16.2. The predicted octanol–water partition coefficient (Wildman–Crippen LogP) is 3.77. The first kappa shape index (κ1) is 22.0. The summed E-state index contributed by atoms with van der Waals surface area (Å²) >= 11 is 0. The Balaban J connectivity index is 1.11. The van der Waals surface area contributed by atoms with Crippen LogP contribution in [-0.4, -0.2) is 59.7 Å². The minimum atomic E-state index is 0.0829. The highest BCUT2D eigenvalue weighted by Gasteiger charge is 2.24. The Morgan fingerprint density at radius 1 is 1.03 bits per heavy atom. The van der Waals surface area contributed by atoms with Crippen molar-refractivity contribution in [3.05, 3.63) is 65.9 Å². The number of aromatic nitrogens is 1. The second-order valence-corrected chi connectivity index (χ2v) is 9.51. The van der Waals surface area contributed by atoms with Crippen LogP contribution < -0.4 is 10.2 Å². The number of aliphatic hydroxyl groups excluding tert-OH is 1. The summed E-state index contributed by atoms with van der Waals surface area (Å²) in [5, 5.41) is 14.4. The van der Waals surface area contributed by atoms with Crippen molar-refractivity contribution in [2.45, 2.75) is 38.3 Å². The van der Waals surface area contributed by atoms with Crippen molar-refractivity contribution in [1.82, 2.24) is 15.2 Å². The number of H-pyrrole nitrogens is 1. The van der Waals surface area contributed by atoms with Crippen LogP contribution in [0.2, 0.25) is 0 Å². The molecule has 0 aliphatic carbocycles. The monoisotopic (exact) mass is 446 g/mol. The van der Waals surface area contributed by atoms with E-state index in [1.165, 1.54) is 22.3 Å². The lowest BCUT2D eigenvalue weighted by molar-refractivity contribution is 0.0620.